The van der Waals surface area contributed by atoms with Crippen LogP contribution in [0, 0.1) is 5.92 Å². The standard InChI is InChI=1S/C24H32N2O2/c1-19-14-16-26(17-15-19)22-12-10-21(11-13-22)20(2)25-24(27)9-6-18-28-23-7-4-3-5-8-23/h3-5,7-8,10-13,19-20H,6,9,14-18H2,1-2H3,(H,25,27). The van der Waals surface area contributed by atoms with E-state index in [2.05, 4.69) is 41.4 Å². The molecule has 1 atom stereocenters. The van der Waals surface area contributed by atoms with Crippen LogP contribution < -0.4 is 15.0 Å². The van der Waals surface area contributed by atoms with Gasteiger partial charge in [-0.05, 0) is 61.9 Å². The van der Waals surface area contributed by atoms with Crippen molar-refractivity contribution < 1.29 is 9.53 Å². The maximum Gasteiger partial charge on any atom is 0.220 e. The summed E-state index contributed by atoms with van der Waals surface area (Å²) >= 11 is 0. The van der Waals surface area contributed by atoms with Gasteiger partial charge in [0.05, 0.1) is 12.6 Å². The summed E-state index contributed by atoms with van der Waals surface area (Å²) in [4.78, 5) is 14.7. The van der Waals surface area contributed by atoms with Crippen molar-refractivity contribution in [1.82, 2.24) is 5.32 Å². The lowest BCUT2D eigenvalue weighted by Gasteiger charge is -2.32. The van der Waals surface area contributed by atoms with Gasteiger partial charge >= 0.3 is 0 Å². The van der Waals surface area contributed by atoms with Crippen molar-refractivity contribution in [2.45, 2.75) is 45.6 Å². The number of rotatable bonds is 8. The molecule has 0 bridgehead atoms. The molecule has 4 nitrogen and oxygen atoms in total. The van der Waals surface area contributed by atoms with Gasteiger partial charge in [-0.1, -0.05) is 37.3 Å². The molecule has 0 spiro atoms. The van der Waals surface area contributed by atoms with Gasteiger partial charge in [0.1, 0.15) is 5.75 Å². The number of amides is 1. The summed E-state index contributed by atoms with van der Waals surface area (Å²) < 4.78 is 5.64. The van der Waals surface area contributed by atoms with Crippen molar-refractivity contribution in [3.8, 4) is 5.75 Å². The fraction of sp³-hybridized carbons (Fsp3) is 0.458. The zero-order valence-corrected chi connectivity index (χ0v) is 17.1. The van der Waals surface area contributed by atoms with E-state index >= 15 is 0 Å². The van der Waals surface area contributed by atoms with E-state index in [0.29, 0.717) is 19.4 Å². The first-order valence-electron chi connectivity index (χ1n) is 10.4. The zero-order valence-electron chi connectivity index (χ0n) is 17.1. The molecule has 0 radical (unpaired) electrons. The van der Waals surface area contributed by atoms with E-state index in [0.717, 1.165) is 30.3 Å². The Morgan fingerprint density at radius 2 is 1.79 bits per heavy atom. The van der Waals surface area contributed by atoms with E-state index in [1.807, 2.05) is 37.3 Å². The Morgan fingerprint density at radius 1 is 1.11 bits per heavy atom. The Balaban J connectivity index is 1.40. The van der Waals surface area contributed by atoms with Crippen LogP contribution in [0.4, 0.5) is 5.69 Å². The van der Waals surface area contributed by atoms with Crippen LogP contribution in [0.5, 0.6) is 5.75 Å². The predicted molar refractivity (Wildman–Crippen MR) is 115 cm³/mol. The largest absolute Gasteiger partial charge is 0.494 e. The van der Waals surface area contributed by atoms with Crippen molar-refractivity contribution in [2.24, 2.45) is 5.92 Å². The molecule has 2 aromatic rings. The lowest BCUT2D eigenvalue weighted by atomic mass is 9.98. The number of anilines is 1. The quantitative estimate of drug-likeness (QED) is 0.658. The minimum atomic E-state index is 0.0120. The van der Waals surface area contributed by atoms with Gasteiger partial charge in [-0.3, -0.25) is 4.79 Å². The van der Waals surface area contributed by atoms with Crippen molar-refractivity contribution >= 4 is 11.6 Å². The van der Waals surface area contributed by atoms with Crippen LogP contribution >= 0.6 is 0 Å². The minimum Gasteiger partial charge on any atom is -0.494 e. The zero-order chi connectivity index (χ0) is 19.8. The van der Waals surface area contributed by atoms with E-state index in [-0.39, 0.29) is 11.9 Å². The highest BCUT2D eigenvalue weighted by Gasteiger charge is 2.16. The monoisotopic (exact) mass is 380 g/mol. The average molecular weight is 381 g/mol. The molecule has 1 aliphatic rings. The second-order valence-electron chi connectivity index (χ2n) is 7.82. The van der Waals surface area contributed by atoms with Crippen molar-refractivity contribution in [3.05, 3.63) is 60.2 Å². The van der Waals surface area contributed by atoms with E-state index in [1.54, 1.807) is 0 Å². The summed E-state index contributed by atoms with van der Waals surface area (Å²) in [7, 11) is 0. The van der Waals surface area contributed by atoms with Gasteiger partial charge in [0.25, 0.3) is 0 Å². The number of benzene rings is 2. The van der Waals surface area contributed by atoms with Crippen LogP contribution in [0.2, 0.25) is 0 Å². The number of para-hydroxylation sites is 1. The number of ether oxygens (including phenoxy) is 1. The Morgan fingerprint density at radius 3 is 2.46 bits per heavy atom. The third-order valence-corrected chi connectivity index (χ3v) is 5.48. The molecule has 0 aromatic heterocycles. The first-order chi connectivity index (χ1) is 13.6. The lowest BCUT2D eigenvalue weighted by Crippen LogP contribution is -2.32. The molecule has 1 unspecified atom stereocenters. The first-order valence-corrected chi connectivity index (χ1v) is 10.4. The van der Waals surface area contributed by atoms with Crippen LogP contribution in [-0.2, 0) is 4.79 Å². The molecule has 1 fully saturated rings. The molecule has 1 N–H and O–H groups in total. The molecule has 28 heavy (non-hydrogen) atoms. The molecule has 150 valence electrons. The highest BCUT2D eigenvalue weighted by molar-refractivity contribution is 5.76. The van der Waals surface area contributed by atoms with Crippen LogP contribution in [-0.4, -0.2) is 25.6 Å². The fourth-order valence-corrected chi connectivity index (χ4v) is 3.58. The molecule has 0 aliphatic carbocycles. The summed E-state index contributed by atoms with van der Waals surface area (Å²) in [6.45, 7) is 7.19. The van der Waals surface area contributed by atoms with E-state index in [1.165, 1.54) is 18.5 Å². The van der Waals surface area contributed by atoms with E-state index in [9.17, 15) is 4.79 Å². The van der Waals surface area contributed by atoms with Gasteiger partial charge in [0.2, 0.25) is 5.91 Å². The third kappa shape index (κ3) is 6.01. The molecule has 1 amide bonds. The number of nitrogens with zero attached hydrogens (tertiary/aromatic N) is 1. The maximum atomic E-state index is 12.2. The Hall–Kier alpha value is -2.49. The van der Waals surface area contributed by atoms with E-state index < -0.39 is 0 Å². The highest BCUT2D eigenvalue weighted by atomic mass is 16.5. The topological polar surface area (TPSA) is 41.6 Å². The van der Waals surface area contributed by atoms with Crippen LogP contribution in [0.1, 0.15) is 51.1 Å². The molecule has 1 heterocycles. The number of hydrogen-bond acceptors (Lipinski definition) is 3. The van der Waals surface area contributed by atoms with E-state index in [4.69, 9.17) is 4.74 Å². The SMILES string of the molecule is CC1CCN(c2ccc(C(C)NC(=O)CCCOc3ccccc3)cc2)CC1. The van der Waals surface area contributed by atoms with Crippen molar-refractivity contribution in [2.75, 3.05) is 24.6 Å². The summed E-state index contributed by atoms with van der Waals surface area (Å²) in [5.41, 5.74) is 2.43. The highest BCUT2D eigenvalue weighted by Crippen LogP contribution is 2.24. The Bertz CT molecular complexity index is 722. The summed E-state index contributed by atoms with van der Waals surface area (Å²) in [5, 5.41) is 3.09. The van der Waals surface area contributed by atoms with Crippen LogP contribution in [0.25, 0.3) is 0 Å². The minimum absolute atomic E-state index is 0.0120. The molecular weight excluding hydrogens is 348 g/mol. The second-order valence-corrected chi connectivity index (χ2v) is 7.82. The lowest BCUT2D eigenvalue weighted by molar-refractivity contribution is -0.121. The van der Waals surface area contributed by atoms with Gasteiger partial charge in [-0.2, -0.15) is 0 Å². The molecule has 4 heteroatoms. The molecule has 1 saturated heterocycles. The number of carbonyl (C=O) groups excluding carboxylic acids is 1. The molecule has 3 rings (SSSR count). The Labute approximate surface area is 168 Å². The second kappa shape index (κ2) is 10.2. The normalized spacial score (nSPS) is 15.9. The van der Waals surface area contributed by atoms with Gasteiger partial charge < -0.3 is 15.0 Å². The molecule has 0 saturated carbocycles. The average Bonchev–Trinajstić information content (AvgIpc) is 2.73. The van der Waals surface area contributed by atoms with Crippen LogP contribution in [0.3, 0.4) is 0 Å². The van der Waals surface area contributed by atoms with Gasteiger partial charge in [0, 0.05) is 25.2 Å². The molecular formula is C24H32N2O2. The number of carbonyl (C=O) groups is 1. The maximum absolute atomic E-state index is 12.2. The predicted octanol–water partition coefficient (Wildman–Crippen LogP) is 4.96. The van der Waals surface area contributed by atoms with Crippen molar-refractivity contribution in [3.63, 3.8) is 0 Å². The van der Waals surface area contributed by atoms with Gasteiger partial charge in [-0.15, -0.1) is 0 Å². The Kier molecular flexibility index (Phi) is 7.35. The fourth-order valence-electron chi connectivity index (χ4n) is 3.58. The van der Waals surface area contributed by atoms with Gasteiger partial charge in [0.15, 0.2) is 0 Å². The smallest absolute Gasteiger partial charge is 0.220 e. The van der Waals surface area contributed by atoms with Crippen LogP contribution in [0.15, 0.2) is 54.6 Å². The van der Waals surface area contributed by atoms with Crippen molar-refractivity contribution in [1.29, 1.82) is 0 Å². The molecule has 2 aromatic carbocycles. The third-order valence-electron chi connectivity index (χ3n) is 5.48. The number of hydrogen-bond donors (Lipinski definition) is 1. The number of nitrogens with one attached hydrogen (secondary N) is 1. The summed E-state index contributed by atoms with van der Waals surface area (Å²) in [6.07, 6.45) is 3.71. The molecule has 1 aliphatic heterocycles. The summed E-state index contributed by atoms with van der Waals surface area (Å²) in [5.74, 6) is 1.75. The number of piperidine rings is 1. The summed E-state index contributed by atoms with van der Waals surface area (Å²) in [6, 6.07) is 18.4. The first kappa shape index (κ1) is 20.2. The van der Waals surface area contributed by atoms with Gasteiger partial charge in [-0.25, -0.2) is 0 Å².